The highest BCUT2D eigenvalue weighted by molar-refractivity contribution is 5.81. The van der Waals surface area contributed by atoms with E-state index in [0.717, 1.165) is 6.92 Å². The number of carbonyl (C=O) groups excluding carboxylic acids is 2. The van der Waals surface area contributed by atoms with Crippen molar-refractivity contribution in [2.45, 2.75) is 25.2 Å². The first-order chi connectivity index (χ1) is 5.00. The van der Waals surface area contributed by atoms with Crippen molar-refractivity contribution in [1.29, 1.82) is 0 Å². The maximum Gasteiger partial charge on any atom is 0.160 e. The molecule has 0 aromatic carbocycles. The molecule has 0 aliphatic heterocycles. The quantitative estimate of drug-likeness (QED) is 0.410. The Balaban J connectivity index is 4.11. The molecule has 0 aromatic heterocycles. The van der Waals surface area contributed by atoms with Crippen molar-refractivity contribution in [3.8, 4) is 0 Å². The standard InChI is InChI=1S/C6H10O5/c1-3(8)5(10)6(11)4(9)2-7/h2,4-6,9-11H,1H3/t4-,5+,6+/m0/s1. The molecule has 5 nitrogen and oxygen atoms in total. The van der Waals surface area contributed by atoms with Crippen molar-refractivity contribution in [1.82, 2.24) is 0 Å². The molecule has 0 saturated heterocycles. The summed E-state index contributed by atoms with van der Waals surface area (Å²) >= 11 is 0. The van der Waals surface area contributed by atoms with Gasteiger partial charge in [0.1, 0.15) is 18.3 Å². The lowest BCUT2D eigenvalue weighted by atomic mass is 10.1. The van der Waals surface area contributed by atoms with E-state index in [-0.39, 0.29) is 6.29 Å². The summed E-state index contributed by atoms with van der Waals surface area (Å²) in [6.45, 7) is 1.05. The number of hydrogen-bond donors (Lipinski definition) is 3. The summed E-state index contributed by atoms with van der Waals surface area (Å²) in [5.74, 6) is -0.696. The highest BCUT2D eigenvalue weighted by atomic mass is 16.4. The first-order valence-electron chi connectivity index (χ1n) is 3.00. The van der Waals surface area contributed by atoms with Gasteiger partial charge in [0.2, 0.25) is 0 Å². The average molecular weight is 162 g/mol. The Morgan fingerprint density at radius 3 is 2.09 bits per heavy atom. The summed E-state index contributed by atoms with van der Waals surface area (Å²) in [5, 5.41) is 26.2. The SMILES string of the molecule is CC(=O)[C@@H](O)[C@H](O)[C@@H](O)C=O. The van der Waals surface area contributed by atoms with Crippen LogP contribution in [-0.2, 0) is 9.59 Å². The molecule has 0 fully saturated rings. The fourth-order valence-corrected chi connectivity index (χ4v) is 0.508. The third-order valence-electron chi connectivity index (χ3n) is 1.23. The highest BCUT2D eigenvalue weighted by Gasteiger charge is 2.27. The van der Waals surface area contributed by atoms with E-state index in [9.17, 15) is 9.59 Å². The van der Waals surface area contributed by atoms with Gasteiger partial charge in [-0.15, -0.1) is 0 Å². The van der Waals surface area contributed by atoms with Crippen molar-refractivity contribution in [2.24, 2.45) is 0 Å². The Morgan fingerprint density at radius 2 is 1.82 bits per heavy atom. The number of aliphatic hydroxyl groups excluding tert-OH is 3. The lowest BCUT2D eigenvalue weighted by Gasteiger charge is -2.16. The Labute approximate surface area is 63.3 Å². The minimum absolute atomic E-state index is 0.0524. The molecule has 11 heavy (non-hydrogen) atoms. The summed E-state index contributed by atoms with van der Waals surface area (Å²) in [6.07, 6.45) is -5.09. The molecule has 64 valence electrons. The molecular weight excluding hydrogens is 152 g/mol. The van der Waals surface area contributed by atoms with Gasteiger partial charge in [0, 0.05) is 0 Å². The Bertz CT molecular complexity index is 155. The van der Waals surface area contributed by atoms with E-state index in [0.29, 0.717) is 0 Å². The molecule has 0 radical (unpaired) electrons. The normalized spacial score (nSPS) is 18.5. The second-order valence-corrected chi connectivity index (χ2v) is 2.17. The summed E-state index contributed by atoms with van der Waals surface area (Å²) in [7, 11) is 0. The van der Waals surface area contributed by atoms with Crippen molar-refractivity contribution < 1.29 is 24.9 Å². The average Bonchev–Trinajstić information content (AvgIpc) is 2.00. The van der Waals surface area contributed by atoms with Gasteiger partial charge in [-0.05, 0) is 6.92 Å². The molecule has 0 rings (SSSR count). The predicted octanol–water partition coefficient (Wildman–Crippen LogP) is -2.14. The zero-order valence-corrected chi connectivity index (χ0v) is 5.97. The number of carbonyl (C=O) groups is 2. The van der Waals surface area contributed by atoms with Gasteiger partial charge in [-0.2, -0.15) is 0 Å². The second-order valence-electron chi connectivity index (χ2n) is 2.17. The first kappa shape index (κ1) is 10.2. The molecule has 0 aliphatic carbocycles. The van der Waals surface area contributed by atoms with E-state index in [4.69, 9.17) is 15.3 Å². The van der Waals surface area contributed by atoms with Gasteiger partial charge in [-0.1, -0.05) is 0 Å². The third-order valence-corrected chi connectivity index (χ3v) is 1.23. The van der Waals surface area contributed by atoms with E-state index >= 15 is 0 Å². The number of Topliss-reactive ketones (excluding diaryl/α,β-unsaturated/α-hetero) is 1. The molecule has 0 bridgehead atoms. The van der Waals surface area contributed by atoms with Gasteiger partial charge in [0.15, 0.2) is 12.1 Å². The molecule has 3 N–H and O–H groups in total. The first-order valence-corrected chi connectivity index (χ1v) is 3.00. The summed E-state index contributed by atoms with van der Waals surface area (Å²) in [5.41, 5.74) is 0. The topological polar surface area (TPSA) is 94.8 Å². The molecule has 0 aliphatic rings. The minimum Gasteiger partial charge on any atom is -0.387 e. The number of ketones is 1. The van der Waals surface area contributed by atoms with Crippen molar-refractivity contribution in [3.63, 3.8) is 0 Å². The van der Waals surface area contributed by atoms with Crippen molar-refractivity contribution in [2.75, 3.05) is 0 Å². The number of aliphatic hydroxyl groups is 3. The van der Waals surface area contributed by atoms with Crippen LogP contribution >= 0.6 is 0 Å². The molecule has 0 aromatic rings. The Morgan fingerprint density at radius 1 is 1.36 bits per heavy atom. The van der Waals surface area contributed by atoms with Crippen LogP contribution in [0.3, 0.4) is 0 Å². The minimum atomic E-state index is -1.73. The van der Waals surface area contributed by atoms with Gasteiger partial charge in [-0.25, -0.2) is 0 Å². The summed E-state index contributed by atoms with van der Waals surface area (Å²) in [4.78, 5) is 20.2. The fraction of sp³-hybridized carbons (Fsp3) is 0.667. The van der Waals surface area contributed by atoms with Crippen LogP contribution in [-0.4, -0.2) is 45.7 Å². The predicted molar refractivity (Wildman–Crippen MR) is 34.8 cm³/mol. The van der Waals surface area contributed by atoms with Gasteiger partial charge < -0.3 is 20.1 Å². The smallest absolute Gasteiger partial charge is 0.160 e. The third kappa shape index (κ3) is 2.75. The van der Waals surface area contributed by atoms with Crippen molar-refractivity contribution in [3.05, 3.63) is 0 Å². The van der Waals surface area contributed by atoms with Gasteiger partial charge in [-0.3, -0.25) is 4.79 Å². The van der Waals surface area contributed by atoms with Gasteiger partial charge >= 0.3 is 0 Å². The van der Waals surface area contributed by atoms with Crippen LogP contribution in [0.2, 0.25) is 0 Å². The second kappa shape index (κ2) is 4.17. The van der Waals surface area contributed by atoms with Crippen molar-refractivity contribution >= 4 is 12.1 Å². The summed E-state index contributed by atoms with van der Waals surface area (Å²) in [6, 6.07) is 0. The molecule has 0 spiro atoms. The van der Waals surface area contributed by atoms with Crippen LogP contribution < -0.4 is 0 Å². The van der Waals surface area contributed by atoms with Crippen LogP contribution in [0.4, 0.5) is 0 Å². The Kier molecular flexibility index (Phi) is 3.88. The molecular formula is C6H10O5. The van der Waals surface area contributed by atoms with Crippen LogP contribution in [0.1, 0.15) is 6.92 Å². The van der Waals surface area contributed by atoms with Crippen LogP contribution in [0.25, 0.3) is 0 Å². The lowest BCUT2D eigenvalue weighted by molar-refractivity contribution is -0.139. The molecule has 0 unspecified atom stereocenters. The maximum absolute atomic E-state index is 10.4. The monoisotopic (exact) mass is 162 g/mol. The van der Waals surface area contributed by atoms with E-state index in [1.807, 2.05) is 0 Å². The molecule has 0 saturated carbocycles. The van der Waals surface area contributed by atoms with E-state index < -0.39 is 24.1 Å². The zero-order valence-electron chi connectivity index (χ0n) is 5.97. The number of rotatable bonds is 4. The molecule has 0 heterocycles. The molecule has 3 atom stereocenters. The zero-order chi connectivity index (χ0) is 9.02. The number of hydrogen-bond acceptors (Lipinski definition) is 5. The van der Waals surface area contributed by atoms with Crippen LogP contribution in [0.5, 0.6) is 0 Å². The molecule has 0 amide bonds. The largest absolute Gasteiger partial charge is 0.387 e. The number of aldehydes is 1. The lowest BCUT2D eigenvalue weighted by Crippen LogP contribution is -2.42. The fourth-order valence-electron chi connectivity index (χ4n) is 0.508. The highest BCUT2D eigenvalue weighted by Crippen LogP contribution is 1.98. The van der Waals surface area contributed by atoms with Gasteiger partial charge in [0.05, 0.1) is 0 Å². The van der Waals surface area contributed by atoms with E-state index in [1.165, 1.54) is 0 Å². The Hall–Kier alpha value is -0.780. The van der Waals surface area contributed by atoms with E-state index in [2.05, 4.69) is 0 Å². The van der Waals surface area contributed by atoms with Crippen LogP contribution in [0.15, 0.2) is 0 Å². The van der Waals surface area contributed by atoms with Crippen LogP contribution in [0, 0.1) is 0 Å². The maximum atomic E-state index is 10.4. The van der Waals surface area contributed by atoms with E-state index in [1.54, 1.807) is 0 Å². The molecule has 5 heteroatoms. The van der Waals surface area contributed by atoms with Gasteiger partial charge in [0.25, 0.3) is 0 Å². The summed E-state index contributed by atoms with van der Waals surface area (Å²) < 4.78 is 0.